The molecule has 2 aliphatic heterocycles. The number of rotatable bonds is 1. The quantitative estimate of drug-likeness (QED) is 0.741. The molecule has 1 aromatic heterocycles. The number of pyridine rings is 1. The molecule has 0 amide bonds. The fourth-order valence-corrected chi connectivity index (χ4v) is 2.54. The van der Waals surface area contributed by atoms with Crippen molar-refractivity contribution >= 4 is 5.69 Å². The van der Waals surface area contributed by atoms with Gasteiger partial charge in [0, 0.05) is 31.6 Å². The molecule has 0 N–H and O–H groups in total. The van der Waals surface area contributed by atoms with Crippen LogP contribution in [0.25, 0.3) is 0 Å². The highest BCUT2D eigenvalue weighted by molar-refractivity contribution is 5.45. The molecule has 3 heterocycles. The van der Waals surface area contributed by atoms with Gasteiger partial charge in [0.25, 0.3) is 0 Å². The lowest BCUT2D eigenvalue weighted by Gasteiger charge is -2.38. The molecule has 0 aromatic carbocycles. The minimum atomic E-state index is -0.283. The maximum Gasteiger partial charge on any atom is 0.171 e. The molecule has 2 aliphatic rings. The largest absolute Gasteiger partial charge is 0.370 e. The smallest absolute Gasteiger partial charge is 0.171 e. The summed E-state index contributed by atoms with van der Waals surface area (Å²) in [7, 11) is 0. The van der Waals surface area contributed by atoms with E-state index in [1.807, 2.05) is 13.1 Å². The number of aryl methyl sites for hydroxylation is 1. The van der Waals surface area contributed by atoms with Crippen molar-refractivity contribution in [2.45, 2.75) is 25.6 Å². The molecule has 2 saturated heterocycles. The minimum absolute atomic E-state index is 0.283. The van der Waals surface area contributed by atoms with E-state index in [0.717, 1.165) is 44.8 Å². The lowest BCUT2D eigenvalue weighted by atomic mass is 10.0. The average Bonchev–Trinajstić information content (AvgIpc) is 2.80. The monoisotopic (exact) mass is 234 g/mol. The van der Waals surface area contributed by atoms with Crippen LogP contribution in [0.15, 0.2) is 18.3 Å². The molecule has 92 valence electrons. The van der Waals surface area contributed by atoms with Crippen molar-refractivity contribution in [3.05, 3.63) is 24.0 Å². The van der Waals surface area contributed by atoms with Gasteiger partial charge in [0.05, 0.1) is 25.1 Å². The number of hydrogen-bond acceptors (Lipinski definition) is 4. The van der Waals surface area contributed by atoms with Crippen molar-refractivity contribution < 1.29 is 9.47 Å². The number of aromatic nitrogens is 1. The summed E-state index contributed by atoms with van der Waals surface area (Å²) in [5.74, 6) is -0.283. The first-order valence-corrected chi connectivity index (χ1v) is 6.23. The van der Waals surface area contributed by atoms with Gasteiger partial charge in [-0.15, -0.1) is 0 Å². The van der Waals surface area contributed by atoms with Gasteiger partial charge in [-0.25, -0.2) is 0 Å². The van der Waals surface area contributed by atoms with Crippen LogP contribution in [0.3, 0.4) is 0 Å². The van der Waals surface area contributed by atoms with Gasteiger partial charge in [0.15, 0.2) is 5.79 Å². The first kappa shape index (κ1) is 11.0. The van der Waals surface area contributed by atoms with Crippen LogP contribution in [0.5, 0.6) is 0 Å². The fraction of sp³-hybridized carbons (Fsp3) is 0.615. The lowest BCUT2D eigenvalue weighted by Crippen LogP contribution is -2.45. The van der Waals surface area contributed by atoms with E-state index >= 15 is 0 Å². The second-order valence-electron chi connectivity index (χ2n) is 4.75. The van der Waals surface area contributed by atoms with Crippen molar-refractivity contribution in [2.75, 3.05) is 31.2 Å². The first-order valence-electron chi connectivity index (χ1n) is 6.23. The van der Waals surface area contributed by atoms with Crippen molar-refractivity contribution in [2.24, 2.45) is 0 Å². The molecule has 0 bridgehead atoms. The zero-order chi connectivity index (χ0) is 11.7. The van der Waals surface area contributed by atoms with Crippen LogP contribution in [-0.2, 0) is 9.47 Å². The molecule has 0 saturated carbocycles. The predicted octanol–water partition coefficient (Wildman–Crippen LogP) is 1.73. The molecular weight excluding hydrogens is 216 g/mol. The topological polar surface area (TPSA) is 34.6 Å². The standard InChI is InChI=1S/C13H18N2O2/c1-11-2-3-12(10-14-11)15-6-4-13(5-7-15)16-8-9-17-13/h2-3,10H,4-9H2,1H3. The number of piperidine rings is 1. The highest BCUT2D eigenvalue weighted by atomic mass is 16.7. The van der Waals surface area contributed by atoms with Crippen molar-refractivity contribution in [3.8, 4) is 0 Å². The van der Waals surface area contributed by atoms with E-state index in [4.69, 9.17) is 9.47 Å². The van der Waals surface area contributed by atoms with E-state index in [-0.39, 0.29) is 5.79 Å². The Morgan fingerprint density at radius 1 is 1.18 bits per heavy atom. The van der Waals surface area contributed by atoms with Gasteiger partial charge in [-0.3, -0.25) is 4.98 Å². The zero-order valence-electron chi connectivity index (χ0n) is 10.2. The Hall–Kier alpha value is -1.13. The van der Waals surface area contributed by atoms with Crippen LogP contribution in [0, 0.1) is 6.92 Å². The van der Waals surface area contributed by atoms with Crippen molar-refractivity contribution in [1.82, 2.24) is 4.98 Å². The molecule has 4 heteroatoms. The molecule has 4 nitrogen and oxygen atoms in total. The third kappa shape index (κ3) is 2.15. The maximum absolute atomic E-state index is 5.72. The molecule has 0 radical (unpaired) electrons. The van der Waals surface area contributed by atoms with E-state index in [1.165, 1.54) is 5.69 Å². The van der Waals surface area contributed by atoms with Crippen LogP contribution in [-0.4, -0.2) is 37.1 Å². The van der Waals surface area contributed by atoms with E-state index < -0.39 is 0 Å². The van der Waals surface area contributed by atoms with Gasteiger partial charge in [0.1, 0.15) is 0 Å². The summed E-state index contributed by atoms with van der Waals surface area (Å²) >= 11 is 0. The number of ether oxygens (including phenoxy) is 2. The summed E-state index contributed by atoms with van der Waals surface area (Å²) in [5.41, 5.74) is 2.26. The second-order valence-corrected chi connectivity index (χ2v) is 4.75. The van der Waals surface area contributed by atoms with Crippen LogP contribution < -0.4 is 4.90 Å². The molecule has 0 atom stereocenters. The van der Waals surface area contributed by atoms with E-state index in [0.29, 0.717) is 0 Å². The van der Waals surface area contributed by atoms with E-state index in [1.54, 1.807) is 0 Å². The van der Waals surface area contributed by atoms with E-state index in [9.17, 15) is 0 Å². The number of anilines is 1. The highest BCUT2D eigenvalue weighted by Crippen LogP contribution is 2.32. The summed E-state index contributed by atoms with van der Waals surface area (Å²) < 4.78 is 11.4. The number of hydrogen-bond donors (Lipinski definition) is 0. The highest BCUT2D eigenvalue weighted by Gasteiger charge is 2.39. The Labute approximate surface area is 102 Å². The Morgan fingerprint density at radius 3 is 2.47 bits per heavy atom. The van der Waals surface area contributed by atoms with Gasteiger partial charge in [0.2, 0.25) is 0 Å². The molecule has 1 aromatic rings. The van der Waals surface area contributed by atoms with Gasteiger partial charge in [-0.05, 0) is 19.1 Å². The molecule has 0 aliphatic carbocycles. The normalized spacial score (nSPS) is 23.2. The minimum Gasteiger partial charge on any atom is -0.370 e. The van der Waals surface area contributed by atoms with Crippen molar-refractivity contribution in [3.63, 3.8) is 0 Å². The van der Waals surface area contributed by atoms with Crippen LogP contribution in [0.4, 0.5) is 5.69 Å². The van der Waals surface area contributed by atoms with Crippen LogP contribution in [0.2, 0.25) is 0 Å². The Morgan fingerprint density at radius 2 is 1.88 bits per heavy atom. The van der Waals surface area contributed by atoms with Crippen LogP contribution in [0.1, 0.15) is 18.5 Å². The maximum atomic E-state index is 5.72. The average molecular weight is 234 g/mol. The summed E-state index contributed by atoms with van der Waals surface area (Å²) in [6.07, 6.45) is 3.84. The van der Waals surface area contributed by atoms with Gasteiger partial charge >= 0.3 is 0 Å². The molecule has 1 spiro atoms. The fourth-order valence-electron chi connectivity index (χ4n) is 2.54. The molecule has 17 heavy (non-hydrogen) atoms. The third-order valence-corrected chi connectivity index (χ3v) is 3.60. The number of nitrogens with zero attached hydrogens (tertiary/aromatic N) is 2. The van der Waals surface area contributed by atoms with Gasteiger partial charge in [-0.2, -0.15) is 0 Å². The Kier molecular flexibility index (Phi) is 2.76. The van der Waals surface area contributed by atoms with Crippen molar-refractivity contribution in [1.29, 1.82) is 0 Å². The molecular formula is C13H18N2O2. The summed E-state index contributed by atoms with van der Waals surface area (Å²) in [5, 5.41) is 0. The Balaban J connectivity index is 1.66. The van der Waals surface area contributed by atoms with Gasteiger partial charge < -0.3 is 14.4 Å². The molecule has 3 rings (SSSR count). The van der Waals surface area contributed by atoms with Gasteiger partial charge in [-0.1, -0.05) is 0 Å². The Bertz CT molecular complexity index is 375. The summed E-state index contributed by atoms with van der Waals surface area (Å²) in [6.45, 7) is 5.45. The summed E-state index contributed by atoms with van der Waals surface area (Å²) in [4.78, 5) is 6.69. The molecule has 2 fully saturated rings. The third-order valence-electron chi connectivity index (χ3n) is 3.60. The predicted molar refractivity (Wildman–Crippen MR) is 65.1 cm³/mol. The van der Waals surface area contributed by atoms with E-state index in [2.05, 4.69) is 22.0 Å². The lowest BCUT2D eigenvalue weighted by molar-refractivity contribution is -0.169. The summed E-state index contributed by atoms with van der Waals surface area (Å²) in [6, 6.07) is 4.19. The SMILES string of the molecule is Cc1ccc(N2CCC3(CC2)OCCO3)cn1. The zero-order valence-corrected chi connectivity index (χ0v) is 10.2. The van der Waals surface area contributed by atoms with Crippen LogP contribution >= 0.6 is 0 Å². The molecule has 0 unspecified atom stereocenters. The first-order chi connectivity index (χ1) is 8.27. The second kappa shape index (κ2) is 4.27.